The summed E-state index contributed by atoms with van der Waals surface area (Å²) in [6.07, 6.45) is 3.14. The van der Waals surface area contributed by atoms with Gasteiger partial charge in [0.05, 0.1) is 24.5 Å². The first-order valence-electron chi connectivity index (χ1n) is 29.5. The number of aryl methyl sites for hydroxylation is 8. The normalized spacial score (nSPS) is 15.7. The lowest BCUT2D eigenvalue weighted by Gasteiger charge is -2.25. The van der Waals surface area contributed by atoms with Crippen LogP contribution in [0.4, 0.5) is 9.50 Å². The Hall–Kier alpha value is -6.88. The number of rotatable bonds is 17. The van der Waals surface area contributed by atoms with E-state index in [1.54, 1.807) is 20.8 Å². The molecule has 0 saturated carbocycles. The standard InChI is InChI=1S/C22H31NO5.C17H24O4.C17H26O3.C13H16O2.B.FH.H2/c1-7-17-13-27-21(26)23(17)20(25)18(10-11-19(24)28-22(4,5)6)16-9-8-14(2)15(3)12-16;1-11-6-7-13(10-12(11)2)14(16(19)20)8-9-15(18)21-17(3,4)5;1-12-6-7-14(10-13(12)2)15(11-18)8-9-16(19)20-17(3,4)5;1-9-3-4-11(7-10(9)2)12-5-6-13(14)15-8-12;;;/h8-9,12,17-18H,7,10-11,13H2,1-6H3;6-7,10,14H,8-9H2,1-5H3,(H,19,20);6-7,10,15,18H,8-9,11H2,1-5H3;3-4,7,12H,5-6,8H2,1-2H3;;2*1H/t17-,18-;14-;15-;12-;;;/m0011.../s1/i;;;;;;1+2. The molecule has 2 saturated heterocycles. The number of carboxylic acid groups (broad SMARTS) is 1. The van der Waals surface area contributed by atoms with E-state index < -0.39 is 40.7 Å². The maximum atomic E-state index is 13.3. The van der Waals surface area contributed by atoms with Gasteiger partial charge in [-0.25, -0.2) is 9.69 Å². The van der Waals surface area contributed by atoms with Crippen LogP contribution in [-0.2, 0) is 52.5 Å². The molecule has 4 aromatic carbocycles. The number of esters is 4. The molecule has 86 heavy (non-hydrogen) atoms. The number of amides is 2. The molecule has 2 fully saturated rings. The molecule has 0 aliphatic carbocycles. The van der Waals surface area contributed by atoms with Crippen LogP contribution >= 0.6 is 0 Å². The van der Waals surface area contributed by atoms with E-state index in [-0.39, 0.29) is 95.2 Å². The summed E-state index contributed by atoms with van der Waals surface area (Å²) >= 11 is 0. The van der Waals surface area contributed by atoms with Crippen LogP contribution in [0, 0.1) is 55.4 Å². The zero-order valence-electron chi connectivity index (χ0n) is 54.5. The highest BCUT2D eigenvalue weighted by molar-refractivity contribution is 5.97. The maximum Gasteiger partial charge on any atom is 0.416 e. The second-order valence-electron chi connectivity index (χ2n) is 25.3. The van der Waals surface area contributed by atoms with E-state index in [0.29, 0.717) is 38.2 Å². The third-order valence-corrected chi connectivity index (χ3v) is 14.7. The summed E-state index contributed by atoms with van der Waals surface area (Å²) in [6.45, 7) is 35.4. The summed E-state index contributed by atoms with van der Waals surface area (Å²) in [5.41, 5.74) is 11.7. The minimum atomic E-state index is -0.915. The predicted molar refractivity (Wildman–Crippen MR) is 337 cm³/mol. The number of aliphatic hydroxyl groups is 1. The zero-order chi connectivity index (χ0) is 63.4. The van der Waals surface area contributed by atoms with Crippen molar-refractivity contribution in [2.75, 3.05) is 19.8 Å². The Morgan fingerprint density at radius 2 is 0.965 bits per heavy atom. The van der Waals surface area contributed by atoms with Crippen molar-refractivity contribution >= 4 is 50.3 Å². The molecule has 2 heterocycles. The van der Waals surface area contributed by atoms with E-state index in [1.165, 1.54) is 32.7 Å². The fourth-order valence-electron chi connectivity index (χ4n) is 9.33. The molecule has 2 N–H and O–H groups in total. The smallest absolute Gasteiger partial charge is 0.416 e. The van der Waals surface area contributed by atoms with Gasteiger partial charge in [0, 0.05) is 54.0 Å². The van der Waals surface area contributed by atoms with Gasteiger partial charge < -0.3 is 33.9 Å². The van der Waals surface area contributed by atoms with Crippen LogP contribution in [0.1, 0.15) is 219 Å². The summed E-state index contributed by atoms with van der Waals surface area (Å²) in [5, 5.41) is 18.9. The fourth-order valence-corrected chi connectivity index (χ4v) is 9.33. The number of halogens is 1. The molecule has 2 aliphatic heterocycles. The molecule has 15 nitrogen and oxygen atoms in total. The van der Waals surface area contributed by atoms with E-state index in [1.807, 2.05) is 119 Å². The molecular formula is C69H100BFNO14. The lowest BCUT2D eigenvalue weighted by molar-refractivity contribution is -0.156. The van der Waals surface area contributed by atoms with Crippen LogP contribution in [0.2, 0.25) is 0 Å². The summed E-state index contributed by atoms with van der Waals surface area (Å²) in [4.78, 5) is 84.7. The Morgan fingerprint density at radius 1 is 0.570 bits per heavy atom. The second-order valence-corrected chi connectivity index (χ2v) is 25.3. The Labute approximate surface area is 515 Å². The maximum absolute atomic E-state index is 13.3. The summed E-state index contributed by atoms with van der Waals surface area (Å²) in [5.74, 6) is -3.13. The fraction of sp³-hybridized carbons (Fsp3) is 0.551. The number of benzene rings is 4. The average molecular weight is 1200 g/mol. The minimum Gasteiger partial charge on any atom is -0.481 e. The number of aliphatic hydroxyl groups excluding tert-OH is 1. The van der Waals surface area contributed by atoms with Crippen LogP contribution < -0.4 is 0 Å². The van der Waals surface area contributed by atoms with E-state index in [4.69, 9.17) is 23.7 Å². The number of carboxylic acids is 1. The molecule has 3 radical (unpaired) electrons. The van der Waals surface area contributed by atoms with Gasteiger partial charge in [-0.3, -0.25) is 33.5 Å². The number of nitrogens with zero attached hydrogens (tertiary/aromatic N) is 1. The zero-order valence-corrected chi connectivity index (χ0v) is 54.5. The van der Waals surface area contributed by atoms with E-state index in [2.05, 4.69) is 58.0 Å². The lowest BCUT2D eigenvalue weighted by atomic mass is 9.90. The summed E-state index contributed by atoms with van der Waals surface area (Å²) in [6, 6.07) is 23.8. The van der Waals surface area contributed by atoms with Gasteiger partial charge in [0.25, 0.3) is 0 Å². The topological polar surface area (TPSA) is 209 Å². The molecule has 6 rings (SSSR count). The Kier molecular flexibility index (Phi) is 31.4. The van der Waals surface area contributed by atoms with E-state index in [0.717, 1.165) is 45.4 Å². The van der Waals surface area contributed by atoms with E-state index >= 15 is 0 Å². The van der Waals surface area contributed by atoms with Gasteiger partial charge in [-0.15, -0.1) is 0 Å². The number of ether oxygens (including phenoxy) is 5. The van der Waals surface area contributed by atoms with Crippen LogP contribution in [-0.4, -0.2) is 108 Å². The van der Waals surface area contributed by atoms with Gasteiger partial charge >= 0.3 is 35.9 Å². The van der Waals surface area contributed by atoms with Crippen molar-refractivity contribution in [3.63, 3.8) is 0 Å². The average Bonchev–Trinajstić information content (AvgIpc) is 2.37. The summed E-state index contributed by atoms with van der Waals surface area (Å²) in [7, 11) is 0. The van der Waals surface area contributed by atoms with E-state index in [9.17, 15) is 43.8 Å². The number of carbonyl (C=O) groups is 7. The molecule has 0 spiro atoms. The molecule has 0 bridgehead atoms. The molecule has 5 atom stereocenters. The van der Waals surface area contributed by atoms with Gasteiger partial charge in [0.2, 0.25) is 5.91 Å². The molecule has 475 valence electrons. The second kappa shape index (κ2) is 35.1. The van der Waals surface area contributed by atoms with Crippen LogP contribution in [0.5, 0.6) is 0 Å². The van der Waals surface area contributed by atoms with Gasteiger partial charge in [-0.2, -0.15) is 0 Å². The highest BCUT2D eigenvalue weighted by Crippen LogP contribution is 2.32. The molecule has 0 aromatic heterocycles. The van der Waals surface area contributed by atoms with Crippen molar-refractivity contribution in [3.05, 3.63) is 140 Å². The lowest BCUT2D eigenvalue weighted by Crippen LogP contribution is -2.41. The van der Waals surface area contributed by atoms with Gasteiger partial charge in [-0.05, 0) is 217 Å². The SMILES string of the molecule is CC[C@H]1COC(=O)N1C(=O)[C@@H](CCC(=O)OC(C)(C)C)c1ccc(C)c(C)c1.Cc1ccc([C@@H](CO)CCC(=O)OC(C)(C)C)cc1C.Cc1ccc([C@@H]2CCC(=O)OC2)cc1C.Cc1ccc([C@H](CCC(=O)OC(C)(C)C)C(=O)O)cc1C.F.[3HH].[B]. The van der Waals surface area contributed by atoms with Crippen molar-refractivity contribution < 1.29 is 73.6 Å². The number of cyclic esters (lactones) is 2. The third kappa shape index (κ3) is 26.4. The number of imide groups is 1. The molecule has 2 amide bonds. The van der Waals surface area contributed by atoms with Crippen molar-refractivity contribution in [1.29, 1.82) is 0 Å². The number of carbonyl (C=O) groups excluding carboxylic acids is 6. The van der Waals surface area contributed by atoms with Gasteiger partial charge in [-0.1, -0.05) is 79.7 Å². The molecule has 17 heteroatoms. The highest BCUT2D eigenvalue weighted by atomic mass is 19.0. The number of aliphatic carboxylic acids is 1. The first kappa shape index (κ1) is 77.1. The summed E-state index contributed by atoms with van der Waals surface area (Å²) < 4.78 is 26.0. The van der Waals surface area contributed by atoms with Crippen LogP contribution in [0.15, 0.2) is 72.8 Å². The largest absolute Gasteiger partial charge is 0.481 e. The third-order valence-electron chi connectivity index (χ3n) is 14.7. The van der Waals surface area contributed by atoms with Gasteiger partial charge in [0.15, 0.2) is 0 Å². The molecule has 0 unspecified atom stereocenters. The Bertz CT molecular complexity index is 2900. The van der Waals surface area contributed by atoms with Crippen molar-refractivity contribution in [2.45, 2.75) is 229 Å². The number of hydrogen-bond donors (Lipinski definition) is 2. The highest BCUT2D eigenvalue weighted by Gasteiger charge is 2.41. The van der Waals surface area contributed by atoms with Gasteiger partial charge in [0.1, 0.15) is 23.4 Å². The van der Waals surface area contributed by atoms with Crippen LogP contribution in [0.25, 0.3) is 0 Å². The molecule has 4 aromatic rings. The molecule has 2 aliphatic rings. The number of hydrogen-bond acceptors (Lipinski definition) is 13. The van der Waals surface area contributed by atoms with Crippen LogP contribution in [0.3, 0.4) is 0 Å². The van der Waals surface area contributed by atoms with Crippen molar-refractivity contribution in [1.82, 2.24) is 4.90 Å². The first-order valence-corrected chi connectivity index (χ1v) is 29.5. The van der Waals surface area contributed by atoms with Crippen molar-refractivity contribution in [2.24, 2.45) is 0 Å². The first-order chi connectivity index (χ1) is 39.0. The molecular weight excluding hydrogens is 1100 g/mol. The Morgan fingerprint density at radius 3 is 1.35 bits per heavy atom. The minimum absolute atomic E-state index is 0. The monoisotopic (exact) mass is 1200 g/mol. The quantitative estimate of drug-likeness (QED) is 0.0573. The predicted octanol–water partition coefficient (Wildman–Crippen LogP) is 14.1. The Balaban J connectivity index is 0.00000114. The van der Waals surface area contributed by atoms with Crippen molar-refractivity contribution in [3.8, 4) is 0 Å².